The van der Waals surface area contributed by atoms with E-state index in [0.717, 1.165) is 16.6 Å². The summed E-state index contributed by atoms with van der Waals surface area (Å²) in [6.07, 6.45) is 7.80. The zero-order valence-corrected chi connectivity index (χ0v) is 12.1. The lowest BCUT2D eigenvalue weighted by Gasteiger charge is -2.23. The zero-order chi connectivity index (χ0) is 12.4. The van der Waals surface area contributed by atoms with E-state index in [0.29, 0.717) is 6.61 Å². The van der Waals surface area contributed by atoms with Crippen LogP contribution in [0.1, 0.15) is 38.5 Å². The third-order valence-electron chi connectivity index (χ3n) is 4.11. The summed E-state index contributed by atoms with van der Waals surface area (Å²) in [5, 5.41) is 0. The van der Waals surface area contributed by atoms with Gasteiger partial charge >= 0.3 is 0 Å². The summed E-state index contributed by atoms with van der Waals surface area (Å²) in [6.45, 7) is 0.671. The third kappa shape index (κ3) is 2.57. The van der Waals surface area contributed by atoms with Gasteiger partial charge in [-0.3, -0.25) is 0 Å². The number of benzene rings is 1. The molecule has 1 saturated heterocycles. The van der Waals surface area contributed by atoms with Crippen LogP contribution >= 0.6 is 15.9 Å². The molecule has 1 aromatic carbocycles. The van der Waals surface area contributed by atoms with Crippen molar-refractivity contribution in [3.8, 4) is 5.75 Å². The highest BCUT2D eigenvalue weighted by atomic mass is 79.9. The highest BCUT2D eigenvalue weighted by Gasteiger charge is 2.42. The first kappa shape index (κ1) is 12.5. The third-order valence-corrected chi connectivity index (χ3v) is 4.77. The minimum absolute atomic E-state index is 0.210. The molecule has 0 radical (unpaired) electrons. The van der Waals surface area contributed by atoms with Gasteiger partial charge in [-0.25, -0.2) is 0 Å². The molecule has 2 aliphatic rings. The average molecular weight is 311 g/mol. The van der Waals surface area contributed by atoms with E-state index >= 15 is 0 Å². The Morgan fingerprint density at radius 1 is 1.22 bits per heavy atom. The van der Waals surface area contributed by atoms with E-state index in [1.807, 2.05) is 24.3 Å². The Labute approximate surface area is 117 Å². The fraction of sp³-hybridized carbons (Fsp3) is 0.600. The quantitative estimate of drug-likeness (QED) is 0.827. The number of hydrogen-bond acceptors (Lipinski definition) is 2. The molecule has 0 bridgehead atoms. The molecule has 1 aliphatic heterocycles. The van der Waals surface area contributed by atoms with Crippen molar-refractivity contribution < 1.29 is 9.47 Å². The van der Waals surface area contributed by atoms with Crippen LogP contribution in [0.25, 0.3) is 0 Å². The van der Waals surface area contributed by atoms with E-state index in [9.17, 15) is 0 Å². The van der Waals surface area contributed by atoms with E-state index in [1.54, 1.807) is 0 Å². The summed E-state index contributed by atoms with van der Waals surface area (Å²) in [4.78, 5) is 0. The molecule has 1 atom stereocenters. The Hall–Kier alpha value is -0.540. The smallest absolute Gasteiger partial charge is 0.133 e. The van der Waals surface area contributed by atoms with Gasteiger partial charge in [-0.2, -0.15) is 0 Å². The van der Waals surface area contributed by atoms with Gasteiger partial charge in [-0.05, 0) is 53.7 Å². The van der Waals surface area contributed by atoms with Gasteiger partial charge in [0.25, 0.3) is 0 Å². The van der Waals surface area contributed by atoms with E-state index in [2.05, 4.69) is 15.9 Å². The van der Waals surface area contributed by atoms with Gasteiger partial charge < -0.3 is 9.47 Å². The first-order chi connectivity index (χ1) is 8.77. The van der Waals surface area contributed by atoms with Crippen molar-refractivity contribution in [3.63, 3.8) is 0 Å². The predicted molar refractivity (Wildman–Crippen MR) is 74.9 cm³/mol. The topological polar surface area (TPSA) is 18.5 Å². The molecule has 1 aliphatic carbocycles. The highest BCUT2D eigenvalue weighted by Crippen LogP contribution is 2.43. The zero-order valence-electron chi connectivity index (χ0n) is 10.5. The van der Waals surface area contributed by atoms with Gasteiger partial charge in [0.05, 0.1) is 16.2 Å². The Morgan fingerprint density at radius 2 is 2.00 bits per heavy atom. The van der Waals surface area contributed by atoms with Crippen LogP contribution < -0.4 is 4.74 Å². The molecule has 3 rings (SSSR count). The summed E-state index contributed by atoms with van der Waals surface area (Å²) >= 11 is 3.50. The molecule has 18 heavy (non-hydrogen) atoms. The number of para-hydroxylation sites is 1. The molecule has 1 unspecified atom stereocenters. The molecule has 1 aromatic rings. The summed E-state index contributed by atoms with van der Waals surface area (Å²) in [6, 6.07) is 7.98. The second kappa shape index (κ2) is 5.22. The maximum absolute atomic E-state index is 6.23. The molecule has 1 saturated carbocycles. The molecular formula is C15H19BrO2. The summed E-state index contributed by atoms with van der Waals surface area (Å²) in [5.74, 6) is 0.911. The Morgan fingerprint density at radius 3 is 2.78 bits per heavy atom. The normalized spacial score (nSPS) is 25.7. The molecule has 0 aromatic heterocycles. The average Bonchev–Trinajstić information content (AvgIpc) is 3.00. The molecule has 98 valence electrons. The number of halogens is 1. The van der Waals surface area contributed by atoms with Gasteiger partial charge in [0.15, 0.2) is 0 Å². The van der Waals surface area contributed by atoms with Crippen molar-refractivity contribution in [3.05, 3.63) is 28.7 Å². The van der Waals surface area contributed by atoms with Crippen LogP contribution in [0.3, 0.4) is 0 Å². The summed E-state index contributed by atoms with van der Waals surface area (Å²) in [5.41, 5.74) is 0.210. The van der Waals surface area contributed by atoms with Crippen LogP contribution in [0.15, 0.2) is 28.7 Å². The fourth-order valence-electron chi connectivity index (χ4n) is 3.14. The minimum Gasteiger partial charge on any atom is -0.490 e. The lowest BCUT2D eigenvalue weighted by atomic mass is 9.98. The second-order valence-corrected chi connectivity index (χ2v) is 6.26. The lowest BCUT2D eigenvalue weighted by Crippen LogP contribution is -2.27. The van der Waals surface area contributed by atoms with E-state index in [1.165, 1.54) is 32.1 Å². The lowest BCUT2D eigenvalue weighted by molar-refractivity contribution is -0.0509. The predicted octanol–water partition coefficient (Wildman–Crippen LogP) is 4.32. The molecule has 3 heteroatoms. The van der Waals surface area contributed by atoms with Crippen molar-refractivity contribution in [2.45, 2.75) is 50.2 Å². The number of ether oxygens (including phenoxy) is 2. The first-order valence-electron chi connectivity index (χ1n) is 6.83. The van der Waals surface area contributed by atoms with Crippen LogP contribution in [0, 0.1) is 0 Å². The van der Waals surface area contributed by atoms with Crippen molar-refractivity contribution in [2.75, 3.05) is 6.61 Å². The van der Waals surface area contributed by atoms with Crippen molar-refractivity contribution in [2.24, 2.45) is 0 Å². The second-order valence-electron chi connectivity index (χ2n) is 5.41. The van der Waals surface area contributed by atoms with Gasteiger partial charge in [0.2, 0.25) is 0 Å². The van der Waals surface area contributed by atoms with E-state index in [4.69, 9.17) is 9.47 Å². The summed E-state index contributed by atoms with van der Waals surface area (Å²) < 4.78 is 13.1. The molecule has 0 N–H and O–H groups in total. The van der Waals surface area contributed by atoms with E-state index < -0.39 is 0 Å². The SMILES string of the molecule is Brc1ccccc1OCC1CCC2(CCCC2)O1. The molecule has 0 amide bonds. The maximum atomic E-state index is 6.23. The van der Waals surface area contributed by atoms with E-state index in [-0.39, 0.29) is 11.7 Å². The highest BCUT2D eigenvalue weighted by molar-refractivity contribution is 9.10. The summed E-state index contributed by atoms with van der Waals surface area (Å²) in [7, 11) is 0. The monoisotopic (exact) mass is 310 g/mol. The van der Waals surface area contributed by atoms with Gasteiger partial charge in [-0.1, -0.05) is 25.0 Å². The minimum atomic E-state index is 0.210. The van der Waals surface area contributed by atoms with Crippen LogP contribution in [0.4, 0.5) is 0 Å². The Bertz CT molecular complexity index is 413. The molecule has 2 nitrogen and oxygen atoms in total. The van der Waals surface area contributed by atoms with Crippen LogP contribution in [-0.2, 0) is 4.74 Å². The van der Waals surface area contributed by atoms with Crippen LogP contribution in [0.5, 0.6) is 5.75 Å². The van der Waals surface area contributed by atoms with Gasteiger partial charge in [0.1, 0.15) is 12.4 Å². The largest absolute Gasteiger partial charge is 0.490 e. The van der Waals surface area contributed by atoms with Crippen LogP contribution in [0.2, 0.25) is 0 Å². The van der Waals surface area contributed by atoms with Crippen molar-refractivity contribution in [1.82, 2.24) is 0 Å². The van der Waals surface area contributed by atoms with Gasteiger partial charge in [-0.15, -0.1) is 0 Å². The maximum Gasteiger partial charge on any atom is 0.133 e. The van der Waals surface area contributed by atoms with Crippen LogP contribution in [-0.4, -0.2) is 18.3 Å². The van der Waals surface area contributed by atoms with Crippen molar-refractivity contribution in [1.29, 1.82) is 0 Å². The Kier molecular flexibility index (Phi) is 3.62. The van der Waals surface area contributed by atoms with Crippen molar-refractivity contribution >= 4 is 15.9 Å². The molecular weight excluding hydrogens is 292 g/mol. The number of rotatable bonds is 3. The fourth-order valence-corrected chi connectivity index (χ4v) is 3.54. The molecule has 1 spiro atoms. The first-order valence-corrected chi connectivity index (χ1v) is 7.62. The number of hydrogen-bond donors (Lipinski definition) is 0. The van der Waals surface area contributed by atoms with Gasteiger partial charge in [0, 0.05) is 0 Å². The standard InChI is InChI=1S/C15H19BrO2/c16-13-5-1-2-6-14(13)17-11-12-7-10-15(18-12)8-3-4-9-15/h1-2,5-6,12H,3-4,7-11H2. The molecule has 1 heterocycles. The molecule has 2 fully saturated rings. The Balaban J connectivity index is 1.54.